The van der Waals surface area contributed by atoms with E-state index >= 15 is 0 Å². The Labute approximate surface area is 155 Å². The molecule has 2 saturated heterocycles. The third-order valence-electron chi connectivity index (χ3n) is 4.85. The van der Waals surface area contributed by atoms with Crippen LogP contribution in [0.3, 0.4) is 0 Å². The van der Waals surface area contributed by atoms with E-state index in [2.05, 4.69) is 10.6 Å². The number of amides is 3. The Morgan fingerprint density at radius 1 is 1.35 bits per heavy atom. The number of anilines is 1. The molecule has 140 valence electrons. The second-order valence-corrected chi connectivity index (χ2v) is 6.84. The number of carbonyl (C=O) groups is 3. The minimum atomic E-state index is -1.03. The molecule has 2 aliphatic rings. The standard InChI is InChI=1S/C17H20ClN3O5/c18-13-2-1-11(21-6-5-19-16(21)25)9-12(13)14(22)20-10-17(15(23)24)3-7-26-8-4-17/h1-2,9H,3-8,10H2,(H,19,25)(H,20,22)(H,23,24). The van der Waals surface area contributed by atoms with Crippen LogP contribution in [0, 0.1) is 5.41 Å². The number of halogens is 1. The first kappa shape index (κ1) is 18.5. The highest BCUT2D eigenvalue weighted by Crippen LogP contribution is 2.30. The number of nitrogens with zero attached hydrogens (tertiary/aromatic N) is 1. The van der Waals surface area contributed by atoms with E-state index in [1.54, 1.807) is 18.2 Å². The normalized spacial score (nSPS) is 19.1. The molecular weight excluding hydrogens is 362 g/mol. The van der Waals surface area contributed by atoms with E-state index in [-0.39, 0.29) is 23.2 Å². The molecule has 0 aliphatic carbocycles. The van der Waals surface area contributed by atoms with Gasteiger partial charge in [-0.25, -0.2) is 4.79 Å². The molecule has 26 heavy (non-hydrogen) atoms. The van der Waals surface area contributed by atoms with Crippen LogP contribution in [0.4, 0.5) is 10.5 Å². The molecule has 3 rings (SSSR count). The number of aliphatic carboxylic acids is 1. The van der Waals surface area contributed by atoms with E-state index in [0.29, 0.717) is 44.8 Å². The van der Waals surface area contributed by atoms with Crippen LogP contribution >= 0.6 is 11.6 Å². The van der Waals surface area contributed by atoms with Gasteiger partial charge in [-0.15, -0.1) is 0 Å². The van der Waals surface area contributed by atoms with Crippen molar-refractivity contribution in [1.82, 2.24) is 10.6 Å². The lowest BCUT2D eigenvalue weighted by atomic mass is 9.80. The van der Waals surface area contributed by atoms with Crippen molar-refractivity contribution in [3.8, 4) is 0 Å². The van der Waals surface area contributed by atoms with Crippen molar-refractivity contribution in [3.63, 3.8) is 0 Å². The van der Waals surface area contributed by atoms with Gasteiger partial charge in [0, 0.05) is 38.5 Å². The molecule has 3 amide bonds. The Balaban J connectivity index is 1.75. The fourth-order valence-electron chi connectivity index (χ4n) is 3.15. The maximum atomic E-state index is 12.6. The van der Waals surface area contributed by atoms with E-state index in [1.807, 2.05) is 0 Å². The Bertz CT molecular complexity index is 733. The van der Waals surface area contributed by atoms with Crippen LogP contribution in [-0.2, 0) is 9.53 Å². The maximum absolute atomic E-state index is 12.6. The summed E-state index contributed by atoms with van der Waals surface area (Å²) in [4.78, 5) is 37.6. The van der Waals surface area contributed by atoms with Gasteiger partial charge in [-0.05, 0) is 31.0 Å². The van der Waals surface area contributed by atoms with Crippen molar-refractivity contribution in [1.29, 1.82) is 0 Å². The van der Waals surface area contributed by atoms with Crippen LogP contribution in [0.25, 0.3) is 0 Å². The number of rotatable bonds is 5. The highest BCUT2D eigenvalue weighted by Gasteiger charge is 2.40. The molecule has 9 heteroatoms. The van der Waals surface area contributed by atoms with E-state index < -0.39 is 17.3 Å². The van der Waals surface area contributed by atoms with Crippen molar-refractivity contribution >= 4 is 35.2 Å². The summed E-state index contributed by atoms with van der Waals surface area (Å²) < 4.78 is 5.23. The largest absolute Gasteiger partial charge is 0.481 e. The van der Waals surface area contributed by atoms with E-state index in [0.717, 1.165) is 0 Å². The summed E-state index contributed by atoms with van der Waals surface area (Å²) in [5.74, 6) is -1.42. The number of ether oxygens (including phenoxy) is 1. The van der Waals surface area contributed by atoms with Gasteiger partial charge in [0.1, 0.15) is 0 Å². The molecule has 0 aromatic heterocycles. The zero-order valence-corrected chi connectivity index (χ0v) is 14.8. The van der Waals surface area contributed by atoms with Crippen molar-refractivity contribution in [2.45, 2.75) is 12.8 Å². The molecule has 3 N–H and O–H groups in total. The van der Waals surface area contributed by atoms with Gasteiger partial charge >= 0.3 is 12.0 Å². The topological polar surface area (TPSA) is 108 Å². The lowest BCUT2D eigenvalue weighted by molar-refractivity contribution is -0.154. The van der Waals surface area contributed by atoms with Crippen LogP contribution in [0.1, 0.15) is 23.2 Å². The number of hydrogen-bond donors (Lipinski definition) is 3. The van der Waals surface area contributed by atoms with Crippen molar-refractivity contribution in [3.05, 3.63) is 28.8 Å². The first-order chi connectivity index (χ1) is 12.4. The lowest BCUT2D eigenvalue weighted by Gasteiger charge is -2.33. The molecule has 8 nitrogen and oxygen atoms in total. The molecule has 0 radical (unpaired) electrons. The second-order valence-electron chi connectivity index (χ2n) is 6.43. The minimum Gasteiger partial charge on any atom is -0.481 e. The van der Waals surface area contributed by atoms with Crippen molar-refractivity contribution in [2.24, 2.45) is 5.41 Å². The fourth-order valence-corrected chi connectivity index (χ4v) is 3.35. The molecule has 2 fully saturated rings. The number of benzene rings is 1. The van der Waals surface area contributed by atoms with Gasteiger partial charge in [-0.3, -0.25) is 14.5 Å². The Kier molecular flexibility index (Phi) is 5.33. The average molecular weight is 382 g/mol. The summed E-state index contributed by atoms with van der Waals surface area (Å²) in [5.41, 5.74) is -0.266. The molecule has 0 saturated carbocycles. The predicted octanol–water partition coefficient (Wildman–Crippen LogP) is 1.48. The molecule has 1 aromatic carbocycles. The number of carbonyl (C=O) groups excluding carboxylic acids is 2. The van der Waals surface area contributed by atoms with Gasteiger partial charge in [0.25, 0.3) is 5.91 Å². The number of hydrogen-bond acceptors (Lipinski definition) is 4. The van der Waals surface area contributed by atoms with Gasteiger partial charge in [0.2, 0.25) is 0 Å². The zero-order valence-electron chi connectivity index (χ0n) is 14.1. The van der Waals surface area contributed by atoms with Crippen molar-refractivity contribution in [2.75, 3.05) is 37.7 Å². The highest BCUT2D eigenvalue weighted by molar-refractivity contribution is 6.34. The van der Waals surface area contributed by atoms with Gasteiger partial charge in [-0.1, -0.05) is 11.6 Å². The quantitative estimate of drug-likeness (QED) is 0.716. The molecule has 0 bridgehead atoms. The van der Waals surface area contributed by atoms with Gasteiger partial charge in [0.05, 0.1) is 16.0 Å². The fraction of sp³-hybridized carbons (Fsp3) is 0.471. The molecule has 0 spiro atoms. The third-order valence-corrected chi connectivity index (χ3v) is 5.18. The number of urea groups is 1. The van der Waals surface area contributed by atoms with Crippen LogP contribution in [0.2, 0.25) is 5.02 Å². The van der Waals surface area contributed by atoms with Crippen LogP contribution in [-0.4, -0.2) is 55.9 Å². The summed E-state index contributed by atoms with van der Waals surface area (Å²) >= 11 is 6.14. The first-order valence-electron chi connectivity index (χ1n) is 8.37. The lowest BCUT2D eigenvalue weighted by Crippen LogP contribution is -2.46. The summed E-state index contributed by atoms with van der Waals surface area (Å²) in [7, 11) is 0. The Morgan fingerprint density at radius 3 is 2.69 bits per heavy atom. The Hall–Kier alpha value is -2.32. The zero-order chi connectivity index (χ0) is 18.7. The van der Waals surface area contributed by atoms with E-state index in [9.17, 15) is 19.5 Å². The first-order valence-corrected chi connectivity index (χ1v) is 8.75. The predicted molar refractivity (Wildman–Crippen MR) is 94.7 cm³/mol. The molecule has 0 unspecified atom stereocenters. The highest BCUT2D eigenvalue weighted by atomic mass is 35.5. The van der Waals surface area contributed by atoms with Gasteiger partial charge in [-0.2, -0.15) is 0 Å². The van der Waals surface area contributed by atoms with Crippen molar-refractivity contribution < 1.29 is 24.2 Å². The Morgan fingerprint density at radius 2 is 2.08 bits per heavy atom. The maximum Gasteiger partial charge on any atom is 0.321 e. The van der Waals surface area contributed by atoms with Crippen LogP contribution in [0.15, 0.2) is 18.2 Å². The number of nitrogens with one attached hydrogen (secondary N) is 2. The molecule has 2 aliphatic heterocycles. The van der Waals surface area contributed by atoms with Gasteiger partial charge in [0.15, 0.2) is 0 Å². The summed E-state index contributed by atoms with van der Waals surface area (Å²) in [5, 5.41) is 15.2. The summed E-state index contributed by atoms with van der Waals surface area (Å²) in [6.45, 7) is 1.73. The molecule has 2 heterocycles. The van der Waals surface area contributed by atoms with Crippen LogP contribution < -0.4 is 15.5 Å². The molecule has 0 atom stereocenters. The monoisotopic (exact) mass is 381 g/mol. The van der Waals surface area contributed by atoms with E-state index in [1.165, 1.54) is 4.90 Å². The smallest absolute Gasteiger partial charge is 0.321 e. The second kappa shape index (κ2) is 7.51. The van der Waals surface area contributed by atoms with E-state index in [4.69, 9.17) is 16.3 Å². The van der Waals surface area contributed by atoms with Gasteiger partial charge < -0.3 is 20.5 Å². The number of carboxylic acids is 1. The van der Waals surface area contributed by atoms with Crippen LogP contribution in [0.5, 0.6) is 0 Å². The minimum absolute atomic E-state index is 0.00468. The number of carboxylic acid groups (broad SMARTS) is 1. The average Bonchev–Trinajstić information content (AvgIpc) is 3.07. The summed E-state index contributed by atoms with van der Waals surface area (Å²) in [6, 6.07) is 4.53. The third kappa shape index (κ3) is 3.61. The SMILES string of the molecule is O=C(NCC1(C(=O)O)CCOCC1)c1cc(N2CCNC2=O)ccc1Cl. The molecular formula is C17H20ClN3O5. The summed E-state index contributed by atoms with van der Waals surface area (Å²) in [6.07, 6.45) is 0.675. The molecule has 1 aromatic rings.